The molecule has 1 heterocycles. The van der Waals surface area contributed by atoms with Gasteiger partial charge in [-0.25, -0.2) is 0 Å². The molecule has 26 heavy (non-hydrogen) atoms. The fraction of sp³-hybridized carbons (Fsp3) is 0.412. The third-order valence-electron chi connectivity index (χ3n) is 3.36. The van der Waals surface area contributed by atoms with E-state index in [4.69, 9.17) is 9.47 Å². The highest BCUT2D eigenvalue weighted by atomic mass is 19.4. The molecular weight excluding hydrogens is 351 g/mol. The number of amides is 1. The molecule has 0 bridgehead atoms. The van der Waals surface area contributed by atoms with Gasteiger partial charge in [0.05, 0.1) is 19.8 Å². The van der Waals surface area contributed by atoms with Crippen molar-refractivity contribution in [1.82, 2.24) is 15.1 Å². The van der Waals surface area contributed by atoms with E-state index < -0.39 is 11.9 Å². The number of carbonyl (C=O) groups excluding carboxylic acids is 1. The summed E-state index contributed by atoms with van der Waals surface area (Å²) >= 11 is 0. The normalized spacial score (nSPS) is 11.3. The minimum atomic E-state index is -4.48. The van der Waals surface area contributed by atoms with Crippen LogP contribution >= 0.6 is 0 Å². The zero-order chi connectivity index (χ0) is 19.2. The number of nitrogens with zero attached hydrogens (tertiary/aromatic N) is 2. The Morgan fingerprint density at radius 2 is 1.85 bits per heavy atom. The van der Waals surface area contributed by atoms with Gasteiger partial charge in [-0.1, -0.05) is 0 Å². The predicted molar refractivity (Wildman–Crippen MR) is 88.3 cm³/mol. The van der Waals surface area contributed by atoms with Crippen LogP contribution in [0.15, 0.2) is 30.5 Å². The van der Waals surface area contributed by atoms with Gasteiger partial charge in [-0.3, -0.25) is 9.48 Å². The fourth-order valence-corrected chi connectivity index (χ4v) is 2.22. The minimum absolute atomic E-state index is 0.122. The molecule has 0 aliphatic carbocycles. The zero-order valence-corrected chi connectivity index (χ0v) is 14.5. The van der Waals surface area contributed by atoms with E-state index in [1.807, 2.05) is 13.8 Å². The van der Waals surface area contributed by atoms with Gasteiger partial charge in [0, 0.05) is 18.3 Å². The van der Waals surface area contributed by atoms with Crippen molar-refractivity contribution in [3.8, 4) is 11.5 Å². The molecule has 1 aromatic heterocycles. The molecule has 0 unspecified atom stereocenters. The van der Waals surface area contributed by atoms with Crippen molar-refractivity contribution in [3.63, 3.8) is 0 Å². The number of benzene rings is 1. The summed E-state index contributed by atoms with van der Waals surface area (Å²) in [7, 11) is 0. The van der Waals surface area contributed by atoms with Gasteiger partial charge in [0.1, 0.15) is 0 Å². The summed E-state index contributed by atoms with van der Waals surface area (Å²) in [6.07, 6.45) is -3.26. The van der Waals surface area contributed by atoms with E-state index in [1.54, 1.807) is 18.2 Å². The number of hydrogen-bond acceptors (Lipinski definition) is 4. The monoisotopic (exact) mass is 371 g/mol. The maximum absolute atomic E-state index is 12.5. The molecule has 1 aromatic carbocycles. The van der Waals surface area contributed by atoms with Crippen molar-refractivity contribution in [2.24, 2.45) is 0 Å². The Morgan fingerprint density at radius 3 is 2.46 bits per heavy atom. The highest BCUT2D eigenvalue weighted by molar-refractivity contribution is 5.94. The third kappa shape index (κ3) is 5.14. The van der Waals surface area contributed by atoms with E-state index in [9.17, 15) is 18.0 Å². The maximum Gasteiger partial charge on any atom is 0.435 e. The average Bonchev–Trinajstić information content (AvgIpc) is 3.06. The van der Waals surface area contributed by atoms with Crippen LogP contribution in [0.5, 0.6) is 11.5 Å². The van der Waals surface area contributed by atoms with Gasteiger partial charge in [0.25, 0.3) is 5.91 Å². The van der Waals surface area contributed by atoms with Crippen LogP contribution in [0, 0.1) is 0 Å². The van der Waals surface area contributed by atoms with Gasteiger partial charge >= 0.3 is 6.18 Å². The number of rotatable bonds is 8. The molecule has 9 heteroatoms. The average molecular weight is 371 g/mol. The lowest BCUT2D eigenvalue weighted by Gasteiger charge is -2.12. The molecule has 0 aliphatic heterocycles. The van der Waals surface area contributed by atoms with Crippen LogP contribution < -0.4 is 14.8 Å². The van der Waals surface area contributed by atoms with E-state index in [-0.39, 0.29) is 19.0 Å². The van der Waals surface area contributed by atoms with E-state index in [0.717, 1.165) is 10.7 Å². The Bertz CT molecular complexity index is 744. The first kappa shape index (κ1) is 19.6. The second-order valence-corrected chi connectivity index (χ2v) is 5.25. The first-order valence-electron chi connectivity index (χ1n) is 8.13. The van der Waals surface area contributed by atoms with Crippen LogP contribution in [0.1, 0.15) is 29.9 Å². The van der Waals surface area contributed by atoms with Crippen LogP contribution in [0.2, 0.25) is 0 Å². The number of alkyl halides is 3. The second-order valence-electron chi connectivity index (χ2n) is 5.25. The first-order chi connectivity index (χ1) is 12.3. The van der Waals surface area contributed by atoms with Crippen LogP contribution in [0.4, 0.5) is 13.2 Å². The number of nitrogens with one attached hydrogen (secondary N) is 1. The van der Waals surface area contributed by atoms with Crippen molar-refractivity contribution >= 4 is 5.91 Å². The Hall–Kier alpha value is -2.71. The van der Waals surface area contributed by atoms with Crippen molar-refractivity contribution in [1.29, 1.82) is 0 Å². The molecule has 1 N–H and O–H groups in total. The third-order valence-corrected chi connectivity index (χ3v) is 3.36. The molecular formula is C17H20F3N3O3. The Balaban J connectivity index is 1.95. The molecule has 0 saturated carbocycles. The smallest absolute Gasteiger partial charge is 0.435 e. The van der Waals surface area contributed by atoms with Crippen LogP contribution in [0.25, 0.3) is 0 Å². The summed E-state index contributed by atoms with van der Waals surface area (Å²) in [5, 5.41) is 6.06. The molecule has 0 aliphatic rings. The molecule has 0 atom stereocenters. The van der Waals surface area contributed by atoms with Crippen molar-refractivity contribution in [3.05, 3.63) is 41.7 Å². The standard InChI is InChI=1S/C17H20F3N3O3/c1-3-25-13-6-5-12(11-14(13)26-4-2)16(24)21-8-10-23-9-7-15(22-23)17(18,19)20/h5-7,9,11H,3-4,8,10H2,1-2H3,(H,21,24). The summed E-state index contributed by atoms with van der Waals surface area (Å²) in [5.74, 6) is 0.642. The highest BCUT2D eigenvalue weighted by Crippen LogP contribution is 2.29. The predicted octanol–water partition coefficient (Wildman–Crippen LogP) is 3.13. The van der Waals surface area contributed by atoms with E-state index in [1.165, 1.54) is 6.20 Å². The number of aromatic nitrogens is 2. The fourth-order valence-electron chi connectivity index (χ4n) is 2.22. The van der Waals surface area contributed by atoms with Crippen molar-refractivity contribution in [2.45, 2.75) is 26.6 Å². The van der Waals surface area contributed by atoms with Gasteiger partial charge in [0.2, 0.25) is 0 Å². The molecule has 1 amide bonds. The van der Waals surface area contributed by atoms with Crippen LogP contribution in [0.3, 0.4) is 0 Å². The molecule has 0 radical (unpaired) electrons. The molecule has 0 saturated heterocycles. The Kier molecular flexibility index (Phi) is 6.48. The van der Waals surface area contributed by atoms with Crippen molar-refractivity contribution in [2.75, 3.05) is 19.8 Å². The van der Waals surface area contributed by atoms with E-state index in [0.29, 0.717) is 30.3 Å². The summed E-state index contributed by atoms with van der Waals surface area (Å²) in [6, 6.07) is 5.70. The lowest BCUT2D eigenvalue weighted by molar-refractivity contribution is -0.141. The molecule has 0 fully saturated rings. The molecule has 2 rings (SSSR count). The van der Waals surface area contributed by atoms with Gasteiger partial charge < -0.3 is 14.8 Å². The Labute approximate surface area is 148 Å². The summed E-state index contributed by atoms with van der Waals surface area (Å²) in [4.78, 5) is 12.2. The Morgan fingerprint density at radius 1 is 1.15 bits per heavy atom. The number of hydrogen-bond donors (Lipinski definition) is 1. The topological polar surface area (TPSA) is 65.4 Å². The van der Waals surface area contributed by atoms with Gasteiger partial charge in [-0.15, -0.1) is 0 Å². The van der Waals surface area contributed by atoms with E-state index >= 15 is 0 Å². The molecule has 0 spiro atoms. The van der Waals surface area contributed by atoms with Gasteiger partial charge in [0.15, 0.2) is 17.2 Å². The lowest BCUT2D eigenvalue weighted by atomic mass is 10.2. The molecule has 142 valence electrons. The van der Waals surface area contributed by atoms with Crippen LogP contribution in [-0.2, 0) is 12.7 Å². The summed E-state index contributed by atoms with van der Waals surface area (Å²) < 4.78 is 49.5. The highest BCUT2D eigenvalue weighted by Gasteiger charge is 2.33. The molecule has 2 aromatic rings. The number of halogens is 3. The molecule has 6 nitrogen and oxygen atoms in total. The van der Waals surface area contributed by atoms with Crippen LogP contribution in [-0.4, -0.2) is 35.4 Å². The largest absolute Gasteiger partial charge is 0.490 e. The number of carbonyl (C=O) groups is 1. The van der Waals surface area contributed by atoms with E-state index in [2.05, 4.69) is 10.4 Å². The lowest BCUT2D eigenvalue weighted by Crippen LogP contribution is -2.27. The summed E-state index contributed by atoms with van der Waals surface area (Å²) in [5.41, 5.74) is -0.593. The zero-order valence-electron chi connectivity index (χ0n) is 14.5. The SMILES string of the molecule is CCOc1ccc(C(=O)NCCn2ccc(C(F)(F)F)n2)cc1OCC. The minimum Gasteiger partial charge on any atom is -0.490 e. The first-order valence-corrected chi connectivity index (χ1v) is 8.13. The van der Waals surface area contributed by atoms with Crippen molar-refractivity contribution < 1.29 is 27.4 Å². The summed E-state index contributed by atoms with van der Waals surface area (Å²) in [6.45, 7) is 4.81. The van der Waals surface area contributed by atoms with Gasteiger partial charge in [-0.05, 0) is 38.1 Å². The maximum atomic E-state index is 12.5. The quantitative estimate of drug-likeness (QED) is 0.774. The van der Waals surface area contributed by atoms with Gasteiger partial charge in [-0.2, -0.15) is 18.3 Å². The number of ether oxygens (including phenoxy) is 2. The second kappa shape index (κ2) is 8.59.